The lowest BCUT2D eigenvalue weighted by molar-refractivity contribution is -0.148. The van der Waals surface area contributed by atoms with E-state index in [1.54, 1.807) is 6.92 Å². The van der Waals surface area contributed by atoms with E-state index in [2.05, 4.69) is 0 Å². The number of nitrogens with zero attached hydrogens (tertiary/aromatic N) is 1. The van der Waals surface area contributed by atoms with Gasteiger partial charge in [-0.25, -0.2) is 8.42 Å². The quantitative estimate of drug-likeness (QED) is 0.769. The Morgan fingerprint density at radius 1 is 1.32 bits per heavy atom. The molecule has 0 aromatic heterocycles. The molecule has 0 spiro atoms. The molecule has 1 aromatic carbocycles. The van der Waals surface area contributed by atoms with E-state index in [1.807, 2.05) is 0 Å². The summed E-state index contributed by atoms with van der Waals surface area (Å²) in [7, 11) is -3.82. The minimum absolute atomic E-state index is 0.0260. The van der Waals surface area contributed by atoms with Gasteiger partial charge in [-0.05, 0) is 44.4 Å². The van der Waals surface area contributed by atoms with Gasteiger partial charge in [-0.3, -0.25) is 4.79 Å². The average molecular weight is 366 g/mol. The maximum Gasteiger partial charge on any atom is 0.324 e. The van der Waals surface area contributed by atoms with Crippen molar-refractivity contribution < 1.29 is 17.9 Å². The number of benzene rings is 1. The Morgan fingerprint density at radius 2 is 2.05 bits per heavy atom. The first kappa shape index (κ1) is 17.5. The number of halogens is 2. The Bertz CT molecular complexity index is 663. The second-order valence-corrected chi connectivity index (χ2v) is 7.66. The summed E-state index contributed by atoms with van der Waals surface area (Å²) in [6, 6.07) is 3.34. The van der Waals surface area contributed by atoms with Gasteiger partial charge >= 0.3 is 5.97 Å². The highest BCUT2D eigenvalue weighted by molar-refractivity contribution is 7.89. The van der Waals surface area contributed by atoms with Gasteiger partial charge in [0.1, 0.15) is 6.04 Å². The zero-order chi connectivity index (χ0) is 16.3. The SMILES string of the molecule is CCOC(=O)C1CCCCN1S(=O)(=O)c1ccc(Cl)c(Cl)c1. The van der Waals surface area contributed by atoms with Gasteiger partial charge in [0.05, 0.1) is 21.5 Å². The number of esters is 1. The molecule has 1 atom stereocenters. The van der Waals surface area contributed by atoms with Crippen molar-refractivity contribution in [3.05, 3.63) is 28.2 Å². The molecule has 0 aliphatic carbocycles. The van der Waals surface area contributed by atoms with Gasteiger partial charge in [0, 0.05) is 6.54 Å². The number of rotatable bonds is 4. The van der Waals surface area contributed by atoms with Crippen LogP contribution in [0.5, 0.6) is 0 Å². The fourth-order valence-corrected chi connectivity index (χ4v) is 4.48. The summed E-state index contributed by atoms with van der Waals surface area (Å²) in [6.45, 7) is 2.20. The van der Waals surface area contributed by atoms with Crippen LogP contribution in [0.2, 0.25) is 10.0 Å². The Kier molecular flexibility index (Phi) is 5.71. The highest BCUT2D eigenvalue weighted by Gasteiger charge is 2.38. The molecule has 1 aromatic rings. The fraction of sp³-hybridized carbons (Fsp3) is 0.500. The van der Waals surface area contributed by atoms with Crippen LogP contribution in [-0.2, 0) is 19.6 Å². The van der Waals surface area contributed by atoms with Crippen molar-refractivity contribution >= 4 is 39.2 Å². The van der Waals surface area contributed by atoms with Crippen LogP contribution in [0.15, 0.2) is 23.1 Å². The van der Waals surface area contributed by atoms with Crippen LogP contribution in [0, 0.1) is 0 Å². The second-order valence-electron chi connectivity index (χ2n) is 4.96. The number of carbonyl (C=O) groups is 1. The van der Waals surface area contributed by atoms with E-state index in [0.717, 1.165) is 6.42 Å². The fourth-order valence-electron chi connectivity index (χ4n) is 2.44. The predicted octanol–water partition coefficient (Wildman–Crippen LogP) is 3.10. The molecule has 0 bridgehead atoms. The molecule has 1 aliphatic heterocycles. The number of carbonyl (C=O) groups excluding carboxylic acids is 1. The van der Waals surface area contributed by atoms with Gasteiger partial charge in [-0.1, -0.05) is 23.2 Å². The molecule has 1 saturated heterocycles. The Labute approximate surface area is 140 Å². The summed E-state index contributed by atoms with van der Waals surface area (Å²) in [5.74, 6) is -0.508. The summed E-state index contributed by atoms with van der Waals surface area (Å²) in [5.41, 5.74) is 0. The van der Waals surface area contributed by atoms with E-state index < -0.39 is 22.0 Å². The van der Waals surface area contributed by atoms with Crippen molar-refractivity contribution in [2.75, 3.05) is 13.2 Å². The van der Waals surface area contributed by atoms with E-state index in [1.165, 1.54) is 22.5 Å². The van der Waals surface area contributed by atoms with Crippen LogP contribution in [-0.4, -0.2) is 37.9 Å². The number of sulfonamides is 1. The molecule has 1 unspecified atom stereocenters. The van der Waals surface area contributed by atoms with Gasteiger partial charge in [0.2, 0.25) is 10.0 Å². The topological polar surface area (TPSA) is 63.7 Å². The van der Waals surface area contributed by atoms with Crippen LogP contribution >= 0.6 is 23.2 Å². The normalized spacial score (nSPS) is 19.9. The highest BCUT2D eigenvalue weighted by atomic mass is 35.5. The van der Waals surface area contributed by atoms with Crippen LogP contribution in [0.1, 0.15) is 26.2 Å². The molecule has 5 nitrogen and oxygen atoms in total. The molecule has 1 aliphatic rings. The molecule has 0 amide bonds. The molecule has 0 N–H and O–H groups in total. The zero-order valence-corrected chi connectivity index (χ0v) is 14.4. The lowest BCUT2D eigenvalue weighted by atomic mass is 10.1. The first-order chi connectivity index (χ1) is 10.4. The van der Waals surface area contributed by atoms with Gasteiger partial charge in [0.15, 0.2) is 0 Å². The number of piperidine rings is 1. The number of hydrogen-bond donors (Lipinski definition) is 0. The van der Waals surface area contributed by atoms with Crippen molar-refractivity contribution in [2.24, 2.45) is 0 Å². The molecule has 0 saturated carbocycles. The van der Waals surface area contributed by atoms with Gasteiger partial charge in [0.25, 0.3) is 0 Å². The van der Waals surface area contributed by atoms with Crippen LogP contribution in [0.25, 0.3) is 0 Å². The van der Waals surface area contributed by atoms with E-state index in [4.69, 9.17) is 27.9 Å². The first-order valence-electron chi connectivity index (χ1n) is 7.01. The molecule has 8 heteroatoms. The lowest BCUT2D eigenvalue weighted by Crippen LogP contribution is -2.48. The number of ether oxygens (including phenoxy) is 1. The zero-order valence-electron chi connectivity index (χ0n) is 12.1. The Balaban J connectivity index is 2.36. The minimum Gasteiger partial charge on any atom is -0.465 e. The third-order valence-corrected chi connectivity index (χ3v) is 6.15. The molecule has 0 radical (unpaired) electrons. The second kappa shape index (κ2) is 7.17. The predicted molar refractivity (Wildman–Crippen MR) is 84.6 cm³/mol. The Hall–Kier alpha value is -0.820. The first-order valence-corrected chi connectivity index (χ1v) is 9.21. The summed E-state index contributed by atoms with van der Waals surface area (Å²) in [4.78, 5) is 12.1. The molecule has 1 heterocycles. The van der Waals surface area contributed by atoms with Crippen molar-refractivity contribution in [2.45, 2.75) is 37.1 Å². The third-order valence-electron chi connectivity index (χ3n) is 3.51. The standard InChI is InChI=1S/C14H17Cl2NO4S/c1-2-21-14(18)13-5-3-4-8-17(13)22(19,20)10-6-7-11(15)12(16)9-10/h6-7,9,13H,2-5,8H2,1H3. The summed E-state index contributed by atoms with van der Waals surface area (Å²) in [5, 5.41) is 0.439. The van der Waals surface area contributed by atoms with Gasteiger partial charge in [-0.15, -0.1) is 0 Å². The Morgan fingerprint density at radius 3 is 2.68 bits per heavy atom. The van der Waals surface area contributed by atoms with E-state index in [-0.39, 0.29) is 28.1 Å². The van der Waals surface area contributed by atoms with Gasteiger partial charge in [-0.2, -0.15) is 4.31 Å². The van der Waals surface area contributed by atoms with Crippen molar-refractivity contribution in [3.63, 3.8) is 0 Å². The molecular formula is C14H17Cl2NO4S. The van der Waals surface area contributed by atoms with Crippen LogP contribution < -0.4 is 0 Å². The maximum absolute atomic E-state index is 12.8. The van der Waals surface area contributed by atoms with E-state index >= 15 is 0 Å². The number of hydrogen-bond acceptors (Lipinski definition) is 4. The molecular weight excluding hydrogens is 349 g/mol. The lowest BCUT2D eigenvalue weighted by Gasteiger charge is -2.32. The van der Waals surface area contributed by atoms with Crippen molar-refractivity contribution in [1.29, 1.82) is 0 Å². The van der Waals surface area contributed by atoms with E-state index in [9.17, 15) is 13.2 Å². The monoisotopic (exact) mass is 365 g/mol. The van der Waals surface area contributed by atoms with Crippen LogP contribution in [0.4, 0.5) is 0 Å². The molecule has 22 heavy (non-hydrogen) atoms. The summed E-state index contributed by atoms with van der Waals surface area (Å²) in [6.07, 6.45) is 1.95. The van der Waals surface area contributed by atoms with Crippen LogP contribution in [0.3, 0.4) is 0 Å². The minimum atomic E-state index is -3.82. The smallest absolute Gasteiger partial charge is 0.324 e. The van der Waals surface area contributed by atoms with Crippen molar-refractivity contribution in [3.8, 4) is 0 Å². The van der Waals surface area contributed by atoms with Gasteiger partial charge < -0.3 is 4.74 Å². The average Bonchev–Trinajstić information content (AvgIpc) is 2.50. The van der Waals surface area contributed by atoms with E-state index in [0.29, 0.717) is 12.8 Å². The maximum atomic E-state index is 12.8. The molecule has 1 fully saturated rings. The van der Waals surface area contributed by atoms with Crippen molar-refractivity contribution in [1.82, 2.24) is 4.31 Å². The molecule has 122 valence electrons. The highest BCUT2D eigenvalue weighted by Crippen LogP contribution is 2.30. The third kappa shape index (κ3) is 3.56. The largest absolute Gasteiger partial charge is 0.465 e. The summed E-state index contributed by atoms with van der Waals surface area (Å²) >= 11 is 11.7. The molecule has 2 rings (SSSR count). The summed E-state index contributed by atoms with van der Waals surface area (Å²) < 4.78 is 31.8.